The molecule has 0 aliphatic carbocycles. The molecule has 0 aromatic carbocycles. The lowest BCUT2D eigenvalue weighted by Crippen LogP contribution is -2.36. The molecule has 1 aromatic rings. The van der Waals surface area contributed by atoms with Crippen molar-refractivity contribution in [3.8, 4) is 5.75 Å². The molecule has 1 heterocycles. The standard InChI is InChI=1S/C17H28N2O4/c1-7-22-8-9-23-14(4)17(20)19(5)11-15-13(3)16(21-6)12(2)10-18-15/h10,14H,7-9,11H2,1-6H3. The van der Waals surface area contributed by atoms with Crippen molar-refractivity contribution in [2.45, 2.75) is 40.3 Å². The van der Waals surface area contributed by atoms with Gasteiger partial charge in [0.2, 0.25) is 0 Å². The van der Waals surface area contributed by atoms with Crippen molar-refractivity contribution in [3.05, 3.63) is 23.0 Å². The van der Waals surface area contributed by atoms with Crippen LogP contribution in [0.15, 0.2) is 6.20 Å². The van der Waals surface area contributed by atoms with Gasteiger partial charge in [-0.15, -0.1) is 0 Å². The summed E-state index contributed by atoms with van der Waals surface area (Å²) in [4.78, 5) is 18.4. The monoisotopic (exact) mass is 324 g/mol. The van der Waals surface area contributed by atoms with E-state index in [0.29, 0.717) is 26.4 Å². The Morgan fingerprint density at radius 2 is 2.04 bits per heavy atom. The van der Waals surface area contributed by atoms with Gasteiger partial charge in [-0.1, -0.05) is 0 Å². The number of nitrogens with zero attached hydrogens (tertiary/aromatic N) is 2. The van der Waals surface area contributed by atoms with E-state index in [2.05, 4.69) is 4.98 Å². The van der Waals surface area contributed by atoms with Crippen molar-refractivity contribution in [2.24, 2.45) is 0 Å². The maximum atomic E-state index is 12.3. The molecule has 1 amide bonds. The van der Waals surface area contributed by atoms with Gasteiger partial charge in [-0.2, -0.15) is 0 Å². The fourth-order valence-corrected chi connectivity index (χ4v) is 2.34. The van der Waals surface area contributed by atoms with Crippen LogP contribution in [0.2, 0.25) is 0 Å². The molecular weight excluding hydrogens is 296 g/mol. The minimum Gasteiger partial charge on any atom is -0.496 e. The Balaban J connectivity index is 2.64. The van der Waals surface area contributed by atoms with Crippen molar-refractivity contribution in [3.63, 3.8) is 0 Å². The second-order valence-electron chi connectivity index (χ2n) is 5.45. The van der Waals surface area contributed by atoms with Crippen LogP contribution >= 0.6 is 0 Å². The Bertz CT molecular complexity index is 520. The third kappa shape index (κ3) is 5.48. The Hall–Kier alpha value is -1.66. The number of aromatic nitrogens is 1. The van der Waals surface area contributed by atoms with Crippen LogP contribution in [-0.4, -0.2) is 55.9 Å². The average Bonchev–Trinajstić information content (AvgIpc) is 2.53. The van der Waals surface area contributed by atoms with Crippen LogP contribution in [0.5, 0.6) is 5.75 Å². The molecule has 0 radical (unpaired) electrons. The highest BCUT2D eigenvalue weighted by Gasteiger charge is 2.20. The van der Waals surface area contributed by atoms with Gasteiger partial charge in [-0.3, -0.25) is 9.78 Å². The molecule has 6 nitrogen and oxygen atoms in total. The van der Waals surface area contributed by atoms with Gasteiger partial charge in [-0.05, 0) is 27.7 Å². The molecule has 0 bridgehead atoms. The predicted molar refractivity (Wildman–Crippen MR) is 88.6 cm³/mol. The van der Waals surface area contributed by atoms with E-state index in [1.165, 1.54) is 0 Å². The van der Waals surface area contributed by atoms with Gasteiger partial charge in [0, 0.05) is 31.0 Å². The Morgan fingerprint density at radius 1 is 1.35 bits per heavy atom. The Morgan fingerprint density at radius 3 is 2.65 bits per heavy atom. The molecule has 1 aromatic heterocycles. The van der Waals surface area contributed by atoms with Crippen LogP contribution in [0.1, 0.15) is 30.7 Å². The van der Waals surface area contributed by atoms with Crippen molar-refractivity contribution < 1.29 is 19.0 Å². The smallest absolute Gasteiger partial charge is 0.251 e. The summed E-state index contributed by atoms with van der Waals surface area (Å²) < 4.78 is 16.1. The molecule has 1 unspecified atom stereocenters. The molecule has 6 heteroatoms. The Labute approximate surface area is 138 Å². The number of rotatable bonds is 9. The lowest BCUT2D eigenvalue weighted by atomic mass is 10.1. The summed E-state index contributed by atoms with van der Waals surface area (Å²) in [5.74, 6) is 0.735. The lowest BCUT2D eigenvalue weighted by molar-refractivity contribution is -0.142. The largest absolute Gasteiger partial charge is 0.496 e. The molecule has 23 heavy (non-hydrogen) atoms. The molecule has 0 N–H and O–H groups in total. The zero-order valence-corrected chi connectivity index (χ0v) is 15.0. The van der Waals surface area contributed by atoms with Crippen LogP contribution in [0.25, 0.3) is 0 Å². The Kier molecular flexibility index (Phi) is 7.98. The summed E-state index contributed by atoms with van der Waals surface area (Å²) >= 11 is 0. The molecule has 1 atom stereocenters. The summed E-state index contributed by atoms with van der Waals surface area (Å²) in [6.07, 6.45) is 1.26. The van der Waals surface area contributed by atoms with E-state index in [0.717, 1.165) is 22.6 Å². The van der Waals surface area contributed by atoms with E-state index in [9.17, 15) is 4.79 Å². The minimum absolute atomic E-state index is 0.0813. The van der Waals surface area contributed by atoms with E-state index < -0.39 is 6.10 Å². The third-order valence-corrected chi connectivity index (χ3v) is 3.66. The van der Waals surface area contributed by atoms with Gasteiger partial charge in [0.1, 0.15) is 11.9 Å². The number of pyridine rings is 1. The number of carbonyl (C=O) groups is 1. The first kappa shape index (κ1) is 19.4. The van der Waals surface area contributed by atoms with Gasteiger partial charge < -0.3 is 19.1 Å². The summed E-state index contributed by atoms with van der Waals surface area (Å²) in [6, 6.07) is 0. The maximum absolute atomic E-state index is 12.3. The third-order valence-electron chi connectivity index (χ3n) is 3.66. The molecule has 130 valence electrons. The number of ether oxygens (including phenoxy) is 3. The van der Waals surface area contributed by atoms with Crippen LogP contribution < -0.4 is 4.74 Å². The first-order chi connectivity index (χ1) is 10.9. The van der Waals surface area contributed by atoms with E-state index in [1.54, 1.807) is 32.2 Å². The van der Waals surface area contributed by atoms with E-state index >= 15 is 0 Å². The summed E-state index contributed by atoms with van der Waals surface area (Å²) in [5.41, 5.74) is 2.76. The first-order valence-corrected chi connectivity index (χ1v) is 7.85. The highest BCUT2D eigenvalue weighted by atomic mass is 16.5. The fourth-order valence-electron chi connectivity index (χ4n) is 2.34. The van der Waals surface area contributed by atoms with Gasteiger partial charge >= 0.3 is 0 Å². The number of amides is 1. The molecule has 1 rings (SSSR count). The first-order valence-electron chi connectivity index (χ1n) is 7.85. The number of hydrogen-bond donors (Lipinski definition) is 0. The van der Waals surface area contributed by atoms with Gasteiger partial charge in [-0.25, -0.2) is 0 Å². The predicted octanol–water partition coefficient (Wildman–Crippen LogP) is 2.11. The summed E-state index contributed by atoms with van der Waals surface area (Å²) in [5, 5.41) is 0. The highest BCUT2D eigenvalue weighted by Crippen LogP contribution is 2.24. The maximum Gasteiger partial charge on any atom is 0.251 e. The molecule has 0 spiro atoms. The van der Waals surface area contributed by atoms with Gasteiger partial charge in [0.25, 0.3) is 5.91 Å². The SMILES string of the molecule is CCOCCOC(C)C(=O)N(C)Cc1ncc(C)c(OC)c1C. The zero-order chi connectivity index (χ0) is 17.4. The van der Waals surface area contributed by atoms with Crippen molar-refractivity contribution >= 4 is 5.91 Å². The molecule has 0 saturated heterocycles. The van der Waals surface area contributed by atoms with E-state index in [-0.39, 0.29) is 5.91 Å². The quantitative estimate of drug-likeness (QED) is 0.651. The zero-order valence-electron chi connectivity index (χ0n) is 15.0. The normalized spacial score (nSPS) is 12.1. The number of carbonyl (C=O) groups excluding carboxylic acids is 1. The van der Waals surface area contributed by atoms with Gasteiger partial charge in [0.15, 0.2) is 0 Å². The summed E-state index contributed by atoms with van der Waals surface area (Å²) in [6.45, 7) is 9.54. The second kappa shape index (κ2) is 9.47. The summed E-state index contributed by atoms with van der Waals surface area (Å²) in [7, 11) is 3.39. The number of methoxy groups -OCH3 is 1. The highest BCUT2D eigenvalue weighted by molar-refractivity contribution is 5.80. The van der Waals surface area contributed by atoms with Crippen LogP contribution in [0, 0.1) is 13.8 Å². The fraction of sp³-hybridized carbons (Fsp3) is 0.647. The average molecular weight is 324 g/mol. The topological polar surface area (TPSA) is 60.9 Å². The number of hydrogen-bond acceptors (Lipinski definition) is 5. The molecule has 0 fully saturated rings. The van der Waals surface area contributed by atoms with E-state index in [4.69, 9.17) is 14.2 Å². The second-order valence-corrected chi connectivity index (χ2v) is 5.45. The van der Waals surface area contributed by atoms with Crippen molar-refractivity contribution in [1.29, 1.82) is 0 Å². The van der Waals surface area contributed by atoms with E-state index in [1.807, 2.05) is 20.8 Å². The lowest BCUT2D eigenvalue weighted by Gasteiger charge is -2.22. The van der Waals surface area contributed by atoms with Crippen LogP contribution in [-0.2, 0) is 20.8 Å². The molecule has 0 saturated carbocycles. The van der Waals surface area contributed by atoms with Crippen molar-refractivity contribution in [1.82, 2.24) is 9.88 Å². The minimum atomic E-state index is -0.506. The molecule has 0 aliphatic heterocycles. The van der Waals surface area contributed by atoms with Crippen LogP contribution in [0.3, 0.4) is 0 Å². The molecular formula is C17H28N2O4. The van der Waals surface area contributed by atoms with Gasteiger partial charge in [0.05, 0.1) is 32.6 Å². The molecule has 0 aliphatic rings. The van der Waals surface area contributed by atoms with Crippen LogP contribution in [0.4, 0.5) is 0 Å². The van der Waals surface area contributed by atoms with Crippen molar-refractivity contribution in [2.75, 3.05) is 34.0 Å². The number of likely N-dealkylation sites (N-methyl/N-ethyl adjacent to an activating group) is 1. The number of aryl methyl sites for hydroxylation is 1.